The first-order chi connectivity index (χ1) is 11.6. The second-order valence-electron chi connectivity index (χ2n) is 6.28. The summed E-state index contributed by atoms with van der Waals surface area (Å²) in [6.45, 7) is 7.20. The van der Waals surface area contributed by atoms with Gasteiger partial charge in [0, 0.05) is 23.8 Å². The van der Waals surface area contributed by atoms with E-state index in [9.17, 15) is 14.4 Å². The van der Waals surface area contributed by atoms with Crippen molar-refractivity contribution < 1.29 is 14.4 Å². The predicted molar refractivity (Wildman–Crippen MR) is 101 cm³/mol. The number of amides is 4. The van der Waals surface area contributed by atoms with E-state index in [1.54, 1.807) is 26.8 Å². The van der Waals surface area contributed by atoms with Crippen molar-refractivity contribution in [3.8, 4) is 0 Å². The number of urea groups is 1. The Labute approximate surface area is 156 Å². The van der Waals surface area contributed by atoms with Gasteiger partial charge < -0.3 is 20.9 Å². The lowest BCUT2D eigenvalue weighted by Gasteiger charge is -2.30. The SMILES string of the molecule is CCNC(=O)NC(C)(C)C(=O)N(C)CC(=O)Nc1ccc(Br)cc1C. The lowest BCUT2D eigenvalue weighted by molar-refractivity contribution is -0.137. The van der Waals surface area contributed by atoms with Crippen LogP contribution < -0.4 is 16.0 Å². The van der Waals surface area contributed by atoms with E-state index in [2.05, 4.69) is 31.9 Å². The van der Waals surface area contributed by atoms with Crippen molar-refractivity contribution in [1.29, 1.82) is 0 Å². The molecule has 1 rings (SSSR count). The van der Waals surface area contributed by atoms with E-state index < -0.39 is 11.6 Å². The number of benzene rings is 1. The predicted octanol–water partition coefficient (Wildman–Crippen LogP) is 2.25. The van der Waals surface area contributed by atoms with Crippen molar-refractivity contribution in [3.63, 3.8) is 0 Å². The van der Waals surface area contributed by atoms with Crippen LogP contribution in [0.3, 0.4) is 0 Å². The summed E-state index contributed by atoms with van der Waals surface area (Å²) < 4.78 is 0.925. The molecule has 0 aliphatic rings. The fourth-order valence-electron chi connectivity index (χ4n) is 2.26. The fraction of sp³-hybridized carbons (Fsp3) is 0.471. The molecule has 0 aromatic heterocycles. The van der Waals surface area contributed by atoms with Gasteiger partial charge in [-0.15, -0.1) is 0 Å². The quantitative estimate of drug-likeness (QED) is 0.668. The molecule has 1 aromatic rings. The highest BCUT2D eigenvalue weighted by Gasteiger charge is 2.32. The Balaban J connectivity index is 2.67. The fourth-order valence-corrected chi connectivity index (χ4v) is 2.74. The van der Waals surface area contributed by atoms with Crippen LogP contribution in [-0.4, -0.2) is 48.4 Å². The summed E-state index contributed by atoms with van der Waals surface area (Å²) in [5.74, 6) is -0.670. The van der Waals surface area contributed by atoms with E-state index in [-0.39, 0.29) is 18.4 Å². The number of aryl methyl sites for hydroxylation is 1. The van der Waals surface area contributed by atoms with Crippen LogP contribution in [0.2, 0.25) is 0 Å². The minimum absolute atomic E-state index is 0.116. The van der Waals surface area contributed by atoms with Gasteiger partial charge in [0.05, 0.1) is 6.54 Å². The molecule has 0 aliphatic carbocycles. The van der Waals surface area contributed by atoms with E-state index in [0.29, 0.717) is 12.2 Å². The lowest BCUT2D eigenvalue weighted by Crippen LogP contribution is -2.58. The van der Waals surface area contributed by atoms with Gasteiger partial charge >= 0.3 is 6.03 Å². The third-order valence-electron chi connectivity index (χ3n) is 3.49. The van der Waals surface area contributed by atoms with Crippen molar-refractivity contribution >= 4 is 39.5 Å². The van der Waals surface area contributed by atoms with Crippen LogP contribution in [0.4, 0.5) is 10.5 Å². The zero-order valence-corrected chi connectivity index (χ0v) is 16.8. The highest BCUT2D eigenvalue weighted by molar-refractivity contribution is 9.10. The molecule has 0 heterocycles. The highest BCUT2D eigenvalue weighted by atomic mass is 79.9. The van der Waals surface area contributed by atoms with Crippen LogP contribution in [0.25, 0.3) is 0 Å². The number of anilines is 1. The molecule has 0 bridgehead atoms. The Morgan fingerprint density at radius 1 is 1.24 bits per heavy atom. The van der Waals surface area contributed by atoms with Crippen LogP contribution >= 0.6 is 15.9 Å². The van der Waals surface area contributed by atoms with Gasteiger partial charge in [-0.3, -0.25) is 9.59 Å². The summed E-state index contributed by atoms with van der Waals surface area (Å²) in [5.41, 5.74) is 0.477. The van der Waals surface area contributed by atoms with Gasteiger partial charge in [-0.1, -0.05) is 15.9 Å². The normalized spacial score (nSPS) is 10.8. The van der Waals surface area contributed by atoms with Crippen LogP contribution in [0, 0.1) is 6.92 Å². The molecule has 0 saturated heterocycles. The molecule has 4 amide bonds. The number of carbonyl (C=O) groups is 3. The lowest BCUT2D eigenvalue weighted by atomic mass is 10.0. The maximum Gasteiger partial charge on any atom is 0.315 e. The van der Waals surface area contributed by atoms with Crippen molar-refractivity contribution in [2.24, 2.45) is 0 Å². The molecular formula is C17H25BrN4O3. The molecule has 0 fully saturated rings. The van der Waals surface area contributed by atoms with Gasteiger partial charge in [0.15, 0.2) is 0 Å². The van der Waals surface area contributed by atoms with Crippen LogP contribution in [-0.2, 0) is 9.59 Å². The number of carbonyl (C=O) groups excluding carboxylic acids is 3. The Morgan fingerprint density at radius 3 is 2.44 bits per heavy atom. The second kappa shape index (κ2) is 8.84. The topological polar surface area (TPSA) is 90.5 Å². The Hall–Kier alpha value is -2.09. The molecule has 0 spiro atoms. The molecule has 0 radical (unpaired) electrons. The maximum atomic E-state index is 12.5. The van der Waals surface area contributed by atoms with E-state index >= 15 is 0 Å². The second-order valence-corrected chi connectivity index (χ2v) is 7.19. The number of halogens is 1. The minimum Gasteiger partial charge on any atom is -0.338 e. The van der Waals surface area contributed by atoms with E-state index in [0.717, 1.165) is 10.0 Å². The monoisotopic (exact) mass is 412 g/mol. The number of hydrogen-bond donors (Lipinski definition) is 3. The third kappa shape index (κ3) is 6.38. The Kier molecular flexibility index (Phi) is 7.41. The van der Waals surface area contributed by atoms with Gasteiger partial charge in [-0.25, -0.2) is 4.79 Å². The minimum atomic E-state index is -1.12. The molecule has 0 atom stereocenters. The number of nitrogens with one attached hydrogen (secondary N) is 3. The molecule has 0 saturated carbocycles. The summed E-state index contributed by atoms with van der Waals surface area (Å²) in [6.07, 6.45) is 0. The molecule has 0 unspecified atom stereocenters. The van der Waals surface area contributed by atoms with Crippen LogP contribution in [0.15, 0.2) is 22.7 Å². The Morgan fingerprint density at radius 2 is 1.88 bits per heavy atom. The van der Waals surface area contributed by atoms with Crippen molar-refractivity contribution in [1.82, 2.24) is 15.5 Å². The average molecular weight is 413 g/mol. The summed E-state index contributed by atoms with van der Waals surface area (Å²) in [4.78, 5) is 37.6. The molecule has 7 nitrogen and oxygen atoms in total. The Bertz CT molecular complexity index is 661. The molecule has 8 heteroatoms. The molecule has 3 N–H and O–H groups in total. The van der Waals surface area contributed by atoms with Crippen molar-refractivity contribution in [2.75, 3.05) is 25.5 Å². The largest absolute Gasteiger partial charge is 0.338 e. The van der Waals surface area contributed by atoms with Gasteiger partial charge in [-0.05, 0) is 51.5 Å². The number of likely N-dealkylation sites (N-methyl/N-ethyl adjacent to an activating group) is 1. The molecule has 25 heavy (non-hydrogen) atoms. The zero-order chi connectivity index (χ0) is 19.2. The first-order valence-corrected chi connectivity index (χ1v) is 8.73. The van der Waals surface area contributed by atoms with Crippen LogP contribution in [0.1, 0.15) is 26.3 Å². The number of rotatable bonds is 6. The van der Waals surface area contributed by atoms with Crippen molar-refractivity contribution in [3.05, 3.63) is 28.2 Å². The standard InChI is InChI=1S/C17H25BrN4O3/c1-6-19-16(25)21-17(3,4)15(24)22(5)10-14(23)20-13-8-7-12(18)9-11(13)2/h7-9H,6,10H2,1-5H3,(H,20,23)(H2,19,21,25). The van der Waals surface area contributed by atoms with Crippen molar-refractivity contribution in [2.45, 2.75) is 33.2 Å². The first kappa shape index (κ1) is 21.0. The van der Waals surface area contributed by atoms with Gasteiger partial charge in [0.1, 0.15) is 5.54 Å². The smallest absolute Gasteiger partial charge is 0.315 e. The summed E-state index contributed by atoms with van der Waals surface area (Å²) >= 11 is 3.37. The maximum absolute atomic E-state index is 12.5. The molecule has 1 aromatic carbocycles. The van der Waals surface area contributed by atoms with E-state index in [4.69, 9.17) is 0 Å². The first-order valence-electron chi connectivity index (χ1n) is 7.94. The summed E-state index contributed by atoms with van der Waals surface area (Å²) in [6, 6.07) is 5.09. The number of nitrogens with zero attached hydrogens (tertiary/aromatic N) is 1. The van der Waals surface area contributed by atoms with Gasteiger partial charge in [-0.2, -0.15) is 0 Å². The zero-order valence-electron chi connectivity index (χ0n) is 15.2. The van der Waals surface area contributed by atoms with Gasteiger partial charge in [0.2, 0.25) is 11.8 Å². The van der Waals surface area contributed by atoms with E-state index in [1.807, 2.05) is 19.1 Å². The number of hydrogen-bond acceptors (Lipinski definition) is 3. The summed E-state index contributed by atoms with van der Waals surface area (Å²) in [7, 11) is 1.53. The van der Waals surface area contributed by atoms with Gasteiger partial charge in [0.25, 0.3) is 0 Å². The molecule has 0 aliphatic heterocycles. The van der Waals surface area contributed by atoms with E-state index in [1.165, 1.54) is 11.9 Å². The third-order valence-corrected chi connectivity index (χ3v) is 3.98. The molecular weight excluding hydrogens is 388 g/mol. The summed E-state index contributed by atoms with van der Waals surface area (Å²) in [5, 5.41) is 7.96. The average Bonchev–Trinajstić information content (AvgIpc) is 2.48. The van der Waals surface area contributed by atoms with Crippen LogP contribution in [0.5, 0.6) is 0 Å². The highest BCUT2D eigenvalue weighted by Crippen LogP contribution is 2.20. The molecule has 138 valence electrons.